The predicted molar refractivity (Wildman–Crippen MR) is 169 cm³/mol. The van der Waals surface area contributed by atoms with Gasteiger partial charge in [-0.3, -0.25) is 0 Å². The second-order valence-electron chi connectivity index (χ2n) is 9.63. The van der Waals surface area contributed by atoms with Gasteiger partial charge in [-0.2, -0.15) is 0 Å². The first-order valence-corrected chi connectivity index (χ1v) is 14.5. The molecule has 6 aromatic carbocycles. The minimum absolute atomic E-state index is 0.748. The molecule has 0 N–H and O–H groups in total. The van der Waals surface area contributed by atoms with Crippen LogP contribution in [0.25, 0.3) is 69.6 Å². The molecule has 0 amide bonds. The van der Waals surface area contributed by atoms with E-state index in [9.17, 15) is 0 Å². The molecule has 1 nitrogen and oxygen atoms in total. The van der Waals surface area contributed by atoms with Crippen molar-refractivity contribution in [1.82, 2.24) is 4.57 Å². The molecule has 8 rings (SSSR count). The van der Waals surface area contributed by atoms with Gasteiger partial charge in [0.1, 0.15) is 0 Å². The first-order chi connectivity index (χ1) is 18.7. The van der Waals surface area contributed by atoms with E-state index in [1.54, 1.807) is 0 Å². The minimum Gasteiger partial charge on any atom is -0.307 e. The highest BCUT2D eigenvalue weighted by Gasteiger charge is 2.18. The summed E-state index contributed by atoms with van der Waals surface area (Å²) in [6.07, 6.45) is 0. The fraction of sp³-hybridized carbons (Fsp3) is 0. The van der Waals surface area contributed by atoms with Crippen molar-refractivity contribution in [2.75, 3.05) is 0 Å². The van der Waals surface area contributed by atoms with E-state index in [1.807, 2.05) is 11.3 Å². The van der Waals surface area contributed by atoms with E-state index in [1.165, 1.54) is 41.9 Å². The van der Waals surface area contributed by atoms with E-state index >= 15 is 0 Å². The van der Waals surface area contributed by atoms with Crippen LogP contribution in [0.3, 0.4) is 0 Å². The van der Waals surface area contributed by atoms with Gasteiger partial charge in [-0.15, -0.1) is 11.3 Å². The zero-order valence-corrected chi connectivity index (χ0v) is 23.2. The van der Waals surface area contributed by atoms with Crippen LogP contribution in [0.5, 0.6) is 0 Å². The quantitative estimate of drug-likeness (QED) is 0.189. The van der Waals surface area contributed by atoms with Crippen LogP contribution in [-0.4, -0.2) is 4.57 Å². The van der Waals surface area contributed by atoms with Crippen LogP contribution < -0.4 is 0 Å². The molecule has 0 bridgehead atoms. The third-order valence-corrected chi connectivity index (χ3v) is 9.59. The van der Waals surface area contributed by atoms with Crippen molar-refractivity contribution in [1.29, 1.82) is 0 Å². The number of hydrogen-bond donors (Lipinski definition) is 0. The lowest BCUT2D eigenvalue weighted by atomic mass is 10.0. The van der Waals surface area contributed by atoms with E-state index in [4.69, 9.17) is 11.6 Å². The number of aromatic nitrogens is 1. The van der Waals surface area contributed by atoms with Gasteiger partial charge in [-0.05, 0) is 65.0 Å². The number of para-hydroxylation sites is 1. The normalized spacial score (nSPS) is 11.9. The number of hydrogen-bond acceptors (Lipinski definition) is 1. The summed E-state index contributed by atoms with van der Waals surface area (Å²) in [7, 11) is 0. The molecule has 0 saturated heterocycles. The number of rotatable bonds is 2. The molecule has 2 heterocycles. The van der Waals surface area contributed by atoms with Gasteiger partial charge >= 0.3 is 0 Å². The zero-order chi connectivity index (χ0) is 25.4. The average Bonchev–Trinajstić information content (AvgIpc) is 3.49. The van der Waals surface area contributed by atoms with Gasteiger partial charge in [-0.1, -0.05) is 94.3 Å². The molecule has 8 aromatic rings. The summed E-state index contributed by atoms with van der Waals surface area (Å²) < 4.78 is 6.03. The first-order valence-electron chi connectivity index (χ1n) is 12.5. The van der Waals surface area contributed by atoms with Gasteiger partial charge in [-0.25, -0.2) is 0 Å². The Hall–Kier alpha value is -3.63. The molecule has 0 aliphatic carbocycles. The van der Waals surface area contributed by atoms with Crippen LogP contribution in [0.2, 0.25) is 5.02 Å². The number of halogens is 2. The molecular formula is C34H19BrClNS. The lowest BCUT2D eigenvalue weighted by Gasteiger charge is -2.13. The number of fused-ring (bicyclic) bond motifs is 7. The van der Waals surface area contributed by atoms with Crippen LogP contribution in [0, 0.1) is 0 Å². The summed E-state index contributed by atoms with van der Waals surface area (Å²) in [5.41, 5.74) is 5.62. The molecule has 0 aliphatic rings. The molecule has 180 valence electrons. The maximum absolute atomic E-state index is 7.18. The van der Waals surface area contributed by atoms with E-state index in [2.05, 4.69) is 136 Å². The van der Waals surface area contributed by atoms with E-state index in [0.29, 0.717) is 0 Å². The summed E-state index contributed by atoms with van der Waals surface area (Å²) in [4.78, 5) is 0. The third kappa shape index (κ3) is 3.23. The highest BCUT2D eigenvalue weighted by atomic mass is 79.9. The predicted octanol–water partition coefficient (Wildman–Crippen LogP) is 11.4. The van der Waals surface area contributed by atoms with Crippen LogP contribution >= 0.6 is 38.9 Å². The molecule has 4 heteroatoms. The monoisotopic (exact) mass is 587 g/mol. The first kappa shape index (κ1) is 22.4. The Balaban J connectivity index is 1.43. The smallest absolute Gasteiger partial charge is 0.0728 e. The van der Waals surface area contributed by atoms with E-state index in [0.717, 1.165) is 37.2 Å². The molecule has 0 atom stereocenters. The fourth-order valence-electron chi connectivity index (χ4n) is 5.83. The second kappa shape index (κ2) is 8.44. The molecule has 0 unspecified atom stereocenters. The van der Waals surface area contributed by atoms with Gasteiger partial charge in [0.05, 0.1) is 21.7 Å². The van der Waals surface area contributed by atoms with Gasteiger partial charge in [0.15, 0.2) is 0 Å². The molecular weight excluding hydrogens is 570 g/mol. The second-order valence-corrected chi connectivity index (χ2v) is 12.0. The molecule has 2 aromatic heterocycles. The topological polar surface area (TPSA) is 4.93 Å². The Morgan fingerprint density at radius 3 is 2.29 bits per heavy atom. The maximum Gasteiger partial charge on any atom is 0.0728 e. The van der Waals surface area contributed by atoms with Crippen LogP contribution in [0.4, 0.5) is 0 Å². The van der Waals surface area contributed by atoms with Crippen molar-refractivity contribution < 1.29 is 0 Å². The van der Waals surface area contributed by atoms with Crippen molar-refractivity contribution in [2.45, 2.75) is 0 Å². The Labute approximate surface area is 236 Å². The highest BCUT2D eigenvalue weighted by Crippen LogP contribution is 2.43. The highest BCUT2D eigenvalue weighted by molar-refractivity contribution is 9.10. The van der Waals surface area contributed by atoms with Crippen LogP contribution in [0.1, 0.15) is 0 Å². The van der Waals surface area contributed by atoms with Gasteiger partial charge in [0.25, 0.3) is 0 Å². The summed E-state index contributed by atoms with van der Waals surface area (Å²) in [6, 6.07) is 41.2. The van der Waals surface area contributed by atoms with E-state index < -0.39 is 0 Å². The van der Waals surface area contributed by atoms with Crippen LogP contribution in [0.15, 0.2) is 120 Å². The number of thiophene rings is 1. The minimum atomic E-state index is 0.748. The Kier molecular flexibility index (Phi) is 4.97. The lowest BCUT2D eigenvalue weighted by molar-refractivity contribution is 1.20. The molecule has 0 radical (unpaired) electrons. The molecule has 0 spiro atoms. The fourth-order valence-corrected chi connectivity index (χ4v) is 7.96. The molecule has 0 saturated carbocycles. The summed E-state index contributed by atoms with van der Waals surface area (Å²) in [6.45, 7) is 0. The summed E-state index contributed by atoms with van der Waals surface area (Å²) in [5.74, 6) is 0. The standard InChI is InChI=1S/C34H19BrClNS/c35-27-11-6-14-32-33(27)26-17-21(15-16-31(26)38-32)22-18-25-24-10-3-4-12-30(24)37(34(25)28(36)19-22)29-13-5-8-20-7-1-2-9-23(20)29/h1-19H. The van der Waals surface area contributed by atoms with Crippen molar-refractivity contribution in [2.24, 2.45) is 0 Å². The van der Waals surface area contributed by atoms with Crippen LogP contribution in [-0.2, 0) is 0 Å². The largest absolute Gasteiger partial charge is 0.307 e. The Morgan fingerprint density at radius 2 is 1.37 bits per heavy atom. The Bertz CT molecular complexity index is 2220. The third-order valence-electron chi connectivity index (χ3n) is 7.51. The molecule has 0 fully saturated rings. The number of benzene rings is 6. The average molecular weight is 589 g/mol. The molecule has 0 aliphatic heterocycles. The zero-order valence-electron chi connectivity index (χ0n) is 20.1. The van der Waals surface area contributed by atoms with E-state index in [-0.39, 0.29) is 0 Å². The van der Waals surface area contributed by atoms with Crippen molar-refractivity contribution >= 4 is 91.6 Å². The maximum atomic E-state index is 7.18. The summed E-state index contributed by atoms with van der Waals surface area (Å²) >= 11 is 12.8. The Morgan fingerprint density at radius 1 is 0.605 bits per heavy atom. The number of nitrogens with zero attached hydrogens (tertiary/aromatic N) is 1. The summed E-state index contributed by atoms with van der Waals surface area (Å²) in [5, 5.41) is 8.07. The van der Waals surface area contributed by atoms with Crippen molar-refractivity contribution in [3.05, 3.63) is 125 Å². The molecule has 38 heavy (non-hydrogen) atoms. The van der Waals surface area contributed by atoms with Crippen molar-refractivity contribution in [3.8, 4) is 16.8 Å². The van der Waals surface area contributed by atoms with Gasteiger partial charge < -0.3 is 4.57 Å². The lowest BCUT2D eigenvalue weighted by Crippen LogP contribution is -1.95. The van der Waals surface area contributed by atoms with Gasteiger partial charge in [0.2, 0.25) is 0 Å². The SMILES string of the molecule is Clc1cc(-c2ccc3sc4cccc(Br)c4c3c2)cc2c3ccccc3n(-c3cccc4ccccc34)c12. The van der Waals surface area contributed by atoms with Gasteiger partial charge in [0, 0.05) is 40.8 Å². The van der Waals surface area contributed by atoms with Crippen molar-refractivity contribution in [3.63, 3.8) is 0 Å².